The van der Waals surface area contributed by atoms with Crippen LogP contribution in [0.1, 0.15) is 72.6 Å². The Hall–Kier alpha value is -0.870. The summed E-state index contributed by atoms with van der Waals surface area (Å²) < 4.78 is 0. The number of rotatable bonds is 4. The van der Waals surface area contributed by atoms with Crippen molar-refractivity contribution in [3.63, 3.8) is 0 Å². The molecule has 0 atom stereocenters. The van der Waals surface area contributed by atoms with Crippen molar-refractivity contribution in [1.82, 2.24) is 5.32 Å². The molecule has 4 heteroatoms. The highest BCUT2D eigenvalue weighted by atomic mass is 32.1. The zero-order valence-corrected chi connectivity index (χ0v) is 17.0. The third kappa shape index (κ3) is 42.7. The third-order valence-corrected chi connectivity index (χ3v) is 2.72. The molecule has 1 amide bonds. The molecule has 0 fully saturated rings. The minimum Gasteiger partial charge on any atom is -0.356 e. The lowest BCUT2D eigenvalue weighted by molar-refractivity contribution is -0.118. The van der Waals surface area contributed by atoms with Gasteiger partial charge in [-0.15, -0.1) is 11.3 Å². The lowest BCUT2D eigenvalue weighted by Gasteiger charge is -1.96. The second-order valence-corrected chi connectivity index (χ2v) is 5.00. The maximum Gasteiger partial charge on any atom is 0.216 e. The molecule has 0 unspecified atom stereocenters. The van der Waals surface area contributed by atoms with E-state index in [9.17, 15) is 4.79 Å². The number of nitrogens with one attached hydrogen (secondary N) is 1. The number of carbonyl (C=O) groups excluding carboxylic acids is 1. The van der Waals surface area contributed by atoms with E-state index < -0.39 is 0 Å². The molecule has 0 radical (unpaired) electrons. The monoisotopic (exact) mass is 332 g/mol. The first-order valence-corrected chi connectivity index (χ1v) is 9.40. The van der Waals surface area contributed by atoms with Crippen LogP contribution in [0.25, 0.3) is 0 Å². The molecule has 22 heavy (non-hydrogen) atoms. The van der Waals surface area contributed by atoms with Crippen molar-refractivity contribution in [3.8, 4) is 0 Å². The number of unbranched alkanes of at least 4 members (excludes halogenated alkanes) is 1. The first-order valence-electron chi connectivity index (χ1n) is 8.53. The summed E-state index contributed by atoms with van der Waals surface area (Å²) in [4.78, 5) is 11.6. The van der Waals surface area contributed by atoms with Crippen LogP contribution in [-0.4, -0.2) is 19.0 Å². The Balaban J connectivity index is -0.000000103. The van der Waals surface area contributed by atoms with E-state index in [0.717, 1.165) is 6.42 Å². The lowest BCUT2D eigenvalue weighted by atomic mass is 10.4. The Morgan fingerprint density at radius 1 is 1.18 bits per heavy atom. The largest absolute Gasteiger partial charge is 0.356 e. The Morgan fingerprint density at radius 3 is 1.86 bits per heavy atom. The van der Waals surface area contributed by atoms with Gasteiger partial charge in [0, 0.05) is 18.3 Å². The molecular formula is C18H40N2OS. The van der Waals surface area contributed by atoms with Gasteiger partial charge < -0.3 is 11.1 Å². The Kier molecular flexibility index (Phi) is 42.7. The van der Waals surface area contributed by atoms with Crippen LogP contribution in [0.5, 0.6) is 0 Å². The molecule has 0 aromatic carbocycles. The summed E-state index contributed by atoms with van der Waals surface area (Å²) in [5.74, 6) is 0.0125. The van der Waals surface area contributed by atoms with Crippen LogP contribution in [0.4, 0.5) is 0 Å². The van der Waals surface area contributed by atoms with Crippen LogP contribution < -0.4 is 11.1 Å². The van der Waals surface area contributed by atoms with E-state index in [2.05, 4.69) is 43.6 Å². The number of hydrogen-bond acceptors (Lipinski definition) is 3. The minimum atomic E-state index is 0.0125. The van der Waals surface area contributed by atoms with Gasteiger partial charge in [0.1, 0.15) is 0 Å². The quantitative estimate of drug-likeness (QED) is 0.727. The zero-order valence-electron chi connectivity index (χ0n) is 16.2. The van der Waals surface area contributed by atoms with Gasteiger partial charge in [-0.1, -0.05) is 60.5 Å². The van der Waals surface area contributed by atoms with Crippen LogP contribution in [0, 0.1) is 6.92 Å². The molecule has 1 aromatic rings. The number of nitrogens with two attached hydrogens (primary N) is 1. The molecule has 0 aliphatic carbocycles. The van der Waals surface area contributed by atoms with Crippen LogP contribution in [0.3, 0.4) is 0 Å². The van der Waals surface area contributed by atoms with E-state index in [-0.39, 0.29) is 5.91 Å². The average Bonchev–Trinajstić information content (AvgIpc) is 3.03. The number of aryl methyl sites for hydroxylation is 1. The number of carbonyl (C=O) groups is 1. The summed E-state index contributed by atoms with van der Waals surface area (Å²) in [5.41, 5.74) is 5.16. The van der Waals surface area contributed by atoms with Gasteiger partial charge in [-0.3, -0.25) is 4.79 Å². The molecule has 0 aliphatic heterocycles. The molecule has 1 heterocycles. The average molecular weight is 333 g/mol. The summed E-state index contributed by atoms with van der Waals surface area (Å²) in [6.07, 6.45) is 3.50. The van der Waals surface area contributed by atoms with Crippen molar-refractivity contribution in [2.75, 3.05) is 13.1 Å². The molecule has 1 rings (SSSR count). The summed E-state index contributed by atoms with van der Waals surface area (Å²) >= 11 is 1.78. The first kappa shape index (κ1) is 29.2. The zero-order chi connectivity index (χ0) is 18.2. The van der Waals surface area contributed by atoms with Gasteiger partial charge in [0.05, 0.1) is 0 Å². The van der Waals surface area contributed by atoms with E-state index in [4.69, 9.17) is 5.73 Å². The van der Waals surface area contributed by atoms with Gasteiger partial charge in [-0.2, -0.15) is 0 Å². The highest BCUT2D eigenvalue weighted by Gasteiger charge is 1.85. The van der Waals surface area contributed by atoms with E-state index >= 15 is 0 Å². The highest BCUT2D eigenvalue weighted by Crippen LogP contribution is 2.03. The molecule has 0 saturated heterocycles. The fourth-order valence-electron chi connectivity index (χ4n) is 0.727. The molecule has 0 spiro atoms. The first-order chi connectivity index (χ1) is 10.6. The summed E-state index contributed by atoms with van der Waals surface area (Å²) in [6.45, 7) is 17.3. The predicted octanol–water partition coefficient (Wildman–Crippen LogP) is 5.39. The van der Waals surface area contributed by atoms with E-state index in [1.807, 2.05) is 27.7 Å². The van der Waals surface area contributed by atoms with Crippen LogP contribution >= 0.6 is 11.3 Å². The number of amides is 1. The van der Waals surface area contributed by atoms with Crippen molar-refractivity contribution in [2.45, 2.75) is 74.7 Å². The second kappa shape index (κ2) is 32.2. The molecule has 3 nitrogen and oxygen atoms in total. The summed E-state index contributed by atoms with van der Waals surface area (Å²) in [6, 6.07) is 4.16. The van der Waals surface area contributed by atoms with Crippen LogP contribution in [-0.2, 0) is 4.79 Å². The maximum absolute atomic E-state index is 10.2. The van der Waals surface area contributed by atoms with Crippen LogP contribution in [0.2, 0.25) is 0 Å². The fraction of sp³-hybridized carbons (Fsp3) is 0.722. The van der Waals surface area contributed by atoms with Crippen molar-refractivity contribution < 1.29 is 4.79 Å². The highest BCUT2D eigenvalue weighted by molar-refractivity contribution is 7.09. The standard InChI is InChI=1S/C5H12N2O.C5H6S.C4H10.2C2H6/c1-5(8)7-4-2-3-6;1-5-3-2-4-6-5;1-3-4-2;2*1-2/h2-4,6H2,1H3,(H,7,8);2-4H,1H3;3-4H2,1-2H3;2*1-2H3. The van der Waals surface area contributed by atoms with Gasteiger partial charge in [0.25, 0.3) is 0 Å². The predicted molar refractivity (Wildman–Crippen MR) is 105 cm³/mol. The molecule has 0 aliphatic rings. The van der Waals surface area contributed by atoms with Crippen molar-refractivity contribution in [1.29, 1.82) is 0 Å². The van der Waals surface area contributed by atoms with Crippen molar-refractivity contribution >= 4 is 17.2 Å². The van der Waals surface area contributed by atoms with Gasteiger partial charge in [0.15, 0.2) is 0 Å². The Labute approximate surface area is 143 Å². The van der Waals surface area contributed by atoms with Crippen LogP contribution in [0.15, 0.2) is 17.5 Å². The van der Waals surface area contributed by atoms with Gasteiger partial charge in [-0.05, 0) is 31.3 Å². The Morgan fingerprint density at radius 2 is 1.68 bits per heavy atom. The van der Waals surface area contributed by atoms with E-state index in [1.54, 1.807) is 11.3 Å². The maximum atomic E-state index is 10.2. The molecule has 3 N–H and O–H groups in total. The smallest absolute Gasteiger partial charge is 0.216 e. The van der Waals surface area contributed by atoms with E-state index in [1.165, 1.54) is 24.6 Å². The van der Waals surface area contributed by atoms with Crippen molar-refractivity contribution in [3.05, 3.63) is 22.4 Å². The second-order valence-electron chi connectivity index (χ2n) is 3.85. The van der Waals surface area contributed by atoms with Crippen molar-refractivity contribution in [2.24, 2.45) is 5.73 Å². The minimum absolute atomic E-state index is 0.0125. The molecule has 0 saturated carbocycles. The third-order valence-electron chi connectivity index (χ3n) is 1.92. The SMILES string of the molecule is CC.CC.CC(=O)NCCCN.CCCC.Cc1cccs1. The number of hydrogen-bond donors (Lipinski definition) is 2. The number of thiophene rings is 1. The summed E-state index contributed by atoms with van der Waals surface area (Å²) in [5, 5.41) is 4.71. The van der Waals surface area contributed by atoms with Gasteiger partial charge in [0.2, 0.25) is 5.91 Å². The fourth-order valence-corrected chi connectivity index (χ4v) is 1.26. The lowest BCUT2D eigenvalue weighted by Crippen LogP contribution is -2.22. The summed E-state index contributed by atoms with van der Waals surface area (Å²) in [7, 11) is 0. The molecule has 1 aromatic heterocycles. The molecule has 0 bridgehead atoms. The van der Waals surface area contributed by atoms with E-state index in [0.29, 0.717) is 13.1 Å². The molecule has 134 valence electrons. The van der Waals surface area contributed by atoms with Gasteiger partial charge in [-0.25, -0.2) is 0 Å². The normalized spacial score (nSPS) is 7.50. The topological polar surface area (TPSA) is 55.1 Å². The Bertz CT molecular complexity index is 260. The molecular weight excluding hydrogens is 292 g/mol. The van der Waals surface area contributed by atoms with Gasteiger partial charge >= 0.3 is 0 Å².